The van der Waals surface area contributed by atoms with E-state index in [1.807, 2.05) is 60.7 Å². The van der Waals surface area contributed by atoms with Gasteiger partial charge in [-0.3, -0.25) is 0 Å². The first-order valence-electron chi connectivity index (χ1n) is 7.18. The summed E-state index contributed by atoms with van der Waals surface area (Å²) in [5, 5.41) is 5.04. The fourth-order valence-corrected chi connectivity index (χ4v) is 2.70. The maximum absolute atomic E-state index is 6.15. The minimum atomic E-state index is 0.550. The lowest BCUT2D eigenvalue weighted by atomic mass is 10.1. The number of anilines is 1. The summed E-state index contributed by atoms with van der Waals surface area (Å²) < 4.78 is 1.65. The number of nitrogens with two attached hydrogens (primary N) is 1. The highest BCUT2D eigenvalue weighted by atomic mass is 35.5. The van der Waals surface area contributed by atoms with Crippen molar-refractivity contribution in [3.63, 3.8) is 0 Å². The van der Waals surface area contributed by atoms with Gasteiger partial charge in [0.15, 0.2) is 5.65 Å². The van der Waals surface area contributed by atoms with Gasteiger partial charge >= 0.3 is 0 Å². The van der Waals surface area contributed by atoms with Crippen LogP contribution in [0.4, 0.5) is 5.82 Å². The molecule has 0 unspecified atom stereocenters. The minimum Gasteiger partial charge on any atom is -0.384 e. The molecule has 0 saturated carbocycles. The van der Waals surface area contributed by atoms with Gasteiger partial charge in [-0.05, 0) is 17.7 Å². The number of rotatable bonds is 2. The molecule has 2 aromatic carbocycles. The Morgan fingerprint density at radius 3 is 2.39 bits per heavy atom. The lowest BCUT2D eigenvalue weighted by molar-refractivity contribution is 0.954. The smallest absolute Gasteiger partial charge is 0.165 e. The number of nitrogens with zero attached hydrogens (tertiary/aromatic N) is 3. The van der Waals surface area contributed by atoms with Gasteiger partial charge in [0.05, 0.1) is 11.9 Å². The molecule has 0 amide bonds. The second kappa shape index (κ2) is 5.41. The van der Waals surface area contributed by atoms with Crippen LogP contribution >= 0.6 is 11.6 Å². The Morgan fingerprint density at radius 2 is 1.65 bits per heavy atom. The van der Waals surface area contributed by atoms with Crippen molar-refractivity contribution >= 4 is 23.1 Å². The van der Waals surface area contributed by atoms with Crippen molar-refractivity contribution in [2.45, 2.75) is 0 Å². The van der Waals surface area contributed by atoms with Gasteiger partial charge in [-0.25, -0.2) is 4.98 Å². The average Bonchev–Trinajstić information content (AvgIpc) is 3.01. The summed E-state index contributed by atoms with van der Waals surface area (Å²) in [5.41, 5.74) is 10.6. The topological polar surface area (TPSA) is 56.2 Å². The molecule has 0 saturated heterocycles. The molecule has 2 aromatic heterocycles. The molecule has 4 aromatic rings. The van der Waals surface area contributed by atoms with E-state index in [-0.39, 0.29) is 0 Å². The van der Waals surface area contributed by atoms with Crippen LogP contribution in [0.15, 0.2) is 66.9 Å². The lowest BCUT2D eigenvalue weighted by Crippen LogP contribution is -2.01. The molecule has 112 valence electrons. The number of hydrogen-bond acceptors (Lipinski definition) is 3. The monoisotopic (exact) mass is 320 g/mol. The van der Waals surface area contributed by atoms with Gasteiger partial charge in [0, 0.05) is 22.2 Å². The largest absolute Gasteiger partial charge is 0.384 e. The van der Waals surface area contributed by atoms with Crippen LogP contribution in [-0.4, -0.2) is 14.6 Å². The molecule has 4 nitrogen and oxygen atoms in total. The molecule has 0 spiro atoms. The highest BCUT2D eigenvalue weighted by molar-refractivity contribution is 6.30. The normalized spacial score (nSPS) is 11.0. The fraction of sp³-hybridized carbons (Fsp3) is 0. The van der Waals surface area contributed by atoms with Crippen molar-refractivity contribution in [2.75, 3.05) is 5.73 Å². The molecule has 0 aliphatic heterocycles. The van der Waals surface area contributed by atoms with E-state index in [0.717, 1.165) is 28.0 Å². The highest BCUT2D eigenvalue weighted by Gasteiger charge is 2.12. The summed E-state index contributed by atoms with van der Waals surface area (Å²) in [6.45, 7) is 0. The van der Waals surface area contributed by atoms with Crippen LogP contribution in [0.2, 0.25) is 5.02 Å². The van der Waals surface area contributed by atoms with Crippen LogP contribution in [0.5, 0.6) is 0 Å². The second-order valence-electron chi connectivity index (χ2n) is 5.23. The third-order valence-corrected chi connectivity index (χ3v) is 3.98. The van der Waals surface area contributed by atoms with Gasteiger partial charge < -0.3 is 5.73 Å². The van der Waals surface area contributed by atoms with Gasteiger partial charge in [-0.2, -0.15) is 9.61 Å². The fourth-order valence-electron chi connectivity index (χ4n) is 2.58. The van der Waals surface area contributed by atoms with Gasteiger partial charge in [-0.15, -0.1) is 0 Å². The molecule has 0 bridgehead atoms. The maximum atomic E-state index is 6.15. The highest BCUT2D eigenvalue weighted by Crippen LogP contribution is 2.28. The summed E-state index contributed by atoms with van der Waals surface area (Å²) in [4.78, 5) is 4.75. The molecule has 4 rings (SSSR count). The first-order valence-corrected chi connectivity index (χ1v) is 7.56. The van der Waals surface area contributed by atoms with E-state index < -0.39 is 0 Å². The Hall–Kier alpha value is -2.85. The Bertz CT molecular complexity index is 975. The van der Waals surface area contributed by atoms with E-state index in [2.05, 4.69) is 5.10 Å². The van der Waals surface area contributed by atoms with Crippen molar-refractivity contribution in [3.05, 3.63) is 71.9 Å². The molecule has 2 N–H and O–H groups in total. The van der Waals surface area contributed by atoms with E-state index in [1.54, 1.807) is 10.7 Å². The molecule has 0 aliphatic carbocycles. The third kappa shape index (κ3) is 2.43. The SMILES string of the molecule is Nc1cc(-c2ccccc2)nc2c(-c3ccc(Cl)cc3)cnn12. The summed E-state index contributed by atoms with van der Waals surface area (Å²) in [7, 11) is 0. The van der Waals surface area contributed by atoms with Crippen LogP contribution in [0.3, 0.4) is 0 Å². The quantitative estimate of drug-likeness (QED) is 0.599. The van der Waals surface area contributed by atoms with E-state index in [4.69, 9.17) is 22.3 Å². The zero-order valence-electron chi connectivity index (χ0n) is 12.1. The number of aromatic nitrogens is 3. The Morgan fingerprint density at radius 1 is 0.913 bits per heavy atom. The summed E-state index contributed by atoms with van der Waals surface area (Å²) in [6.07, 6.45) is 1.77. The van der Waals surface area contributed by atoms with Crippen LogP contribution in [0.25, 0.3) is 28.0 Å². The standard InChI is InChI=1S/C18H13ClN4/c19-14-8-6-12(7-9-14)15-11-21-23-17(20)10-16(22-18(15)23)13-4-2-1-3-5-13/h1-11H,20H2. The van der Waals surface area contributed by atoms with Crippen molar-refractivity contribution in [1.82, 2.24) is 14.6 Å². The second-order valence-corrected chi connectivity index (χ2v) is 5.67. The van der Waals surface area contributed by atoms with Crippen LogP contribution in [0.1, 0.15) is 0 Å². The van der Waals surface area contributed by atoms with Crippen molar-refractivity contribution in [2.24, 2.45) is 0 Å². The summed E-state index contributed by atoms with van der Waals surface area (Å²) >= 11 is 5.97. The number of nitrogen functional groups attached to an aromatic ring is 1. The molecule has 2 heterocycles. The Kier molecular flexibility index (Phi) is 3.24. The molecular weight excluding hydrogens is 308 g/mol. The van der Waals surface area contributed by atoms with Gasteiger partial charge in [-0.1, -0.05) is 54.1 Å². The van der Waals surface area contributed by atoms with Gasteiger partial charge in [0.25, 0.3) is 0 Å². The van der Waals surface area contributed by atoms with E-state index >= 15 is 0 Å². The third-order valence-electron chi connectivity index (χ3n) is 3.72. The number of benzene rings is 2. The van der Waals surface area contributed by atoms with Crippen molar-refractivity contribution in [1.29, 1.82) is 0 Å². The predicted molar refractivity (Wildman–Crippen MR) is 93.3 cm³/mol. The molecule has 0 atom stereocenters. The van der Waals surface area contributed by atoms with E-state index in [1.165, 1.54) is 0 Å². The van der Waals surface area contributed by atoms with E-state index in [9.17, 15) is 0 Å². The lowest BCUT2D eigenvalue weighted by Gasteiger charge is -2.06. The van der Waals surface area contributed by atoms with Crippen LogP contribution in [-0.2, 0) is 0 Å². The van der Waals surface area contributed by atoms with Crippen LogP contribution in [0, 0.1) is 0 Å². The number of hydrogen-bond donors (Lipinski definition) is 1. The predicted octanol–water partition coefficient (Wildman–Crippen LogP) is 4.30. The average molecular weight is 321 g/mol. The molecule has 0 aliphatic rings. The number of fused-ring (bicyclic) bond motifs is 1. The van der Waals surface area contributed by atoms with Crippen LogP contribution < -0.4 is 5.73 Å². The van der Waals surface area contributed by atoms with Gasteiger partial charge in [0.1, 0.15) is 5.82 Å². The van der Waals surface area contributed by atoms with Gasteiger partial charge in [0.2, 0.25) is 0 Å². The van der Waals surface area contributed by atoms with Crippen molar-refractivity contribution in [3.8, 4) is 22.4 Å². The molecular formula is C18H13ClN4. The molecule has 5 heteroatoms. The first-order chi connectivity index (χ1) is 11.2. The molecule has 23 heavy (non-hydrogen) atoms. The maximum Gasteiger partial charge on any atom is 0.165 e. The zero-order valence-corrected chi connectivity index (χ0v) is 12.9. The number of halogens is 1. The Labute approximate surface area is 138 Å². The minimum absolute atomic E-state index is 0.550. The summed E-state index contributed by atoms with van der Waals surface area (Å²) in [6, 6.07) is 19.4. The molecule has 0 radical (unpaired) electrons. The molecule has 0 fully saturated rings. The first kappa shape index (κ1) is 13.8. The Balaban J connectivity index is 1.94. The summed E-state index contributed by atoms with van der Waals surface area (Å²) in [5.74, 6) is 0.550. The van der Waals surface area contributed by atoms with Crippen molar-refractivity contribution < 1.29 is 0 Å². The zero-order chi connectivity index (χ0) is 15.8. The van der Waals surface area contributed by atoms with E-state index in [0.29, 0.717) is 10.8 Å².